The number of hydrogen-bond donors (Lipinski definition) is 0. The van der Waals surface area contributed by atoms with Crippen molar-refractivity contribution in [2.45, 2.75) is 31.4 Å². The number of carbonyl (C=O) groups is 2. The van der Waals surface area contributed by atoms with Crippen molar-refractivity contribution in [3.8, 4) is 6.07 Å². The lowest BCUT2D eigenvalue weighted by molar-refractivity contribution is -0.159. The number of morpholine rings is 1. The first-order chi connectivity index (χ1) is 11.6. The summed E-state index contributed by atoms with van der Waals surface area (Å²) in [6.45, 7) is 6.10. The molecule has 8 heteroatoms. The van der Waals surface area contributed by atoms with Crippen molar-refractivity contribution in [2.75, 3.05) is 39.5 Å². The van der Waals surface area contributed by atoms with Crippen LogP contribution in [-0.2, 0) is 23.8 Å². The highest BCUT2D eigenvalue weighted by Gasteiger charge is 2.53. The van der Waals surface area contributed by atoms with Gasteiger partial charge in [-0.15, -0.1) is 0 Å². The summed E-state index contributed by atoms with van der Waals surface area (Å²) in [6.07, 6.45) is 0.542. The summed E-state index contributed by atoms with van der Waals surface area (Å²) in [5.41, 5.74) is 0.589. The van der Waals surface area contributed by atoms with Crippen molar-refractivity contribution in [1.29, 1.82) is 5.26 Å². The number of hydrogen-bond acceptors (Lipinski definition) is 8. The molecule has 7 nitrogen and oxygen atoms in total. The first-order valence-corrected chi connectivity index (χ1v) is 8.90. The molecule has 2 heterocycles. The van der Waals surface area contributed by atoms with Gasteiger partial charge in [-0.05, 0) is 26.7 Å². The quantitative estimate of drug-likeness (QED) is 0.541. The highest BCUT2D eigenvalue weighted by molar-refractivity contribution is 8.05. The number of ether oxygens (including phenoxy) is 3. The van der Waals surface area contributed by atoms with E-state index in [1.807, 2.05) is 4.90 Å². The second kappa shape index (κ2) is 8.40. The minimum absolute atomic E-state index is 0.183. The molecule has 132 valence electrons. The number of nitrogens with zero attached hydrogens (tertiary/aromatic N) is 2. The van der Waals surface area contributed by atoms with E-state index < -0.39 is 16.7 Å². The largest absolute Gasteiger partial charge is 0.465 e. The Morgan fingerprint density at radius 1 is 1.25 bits per heavy atom. The minimum Gasteiger partial charge on any atom is -0.465 e. The molecule has 0 bridgehead atoms. The number of rotatable bonds is 5. The van der Waals surface area contributed by atoms with Gasteiger partial charge in [0.2, 0.25) is 4.75 Å². The Labute approximate surface area is 145 Å². The Bertz CT molecular complexity index is 545. The number of carbonyl (C=O) groups excluding carboxylic acids is 2. The summed E-state index contributed by atoms with van der Waals surface area (Å²) in [5.74, 6) is -1.20. The van der Waals surface area contributed by atoms with Gasteiger partial charge < -0.3 is 19.1 Å². The maximum atomic E-state index is 12.6. The smallest absolute Gasteiger partial charge is 0.334 e. The topological polar surface area (TPSA) is 88.9 Å². The molecule has 2 aliphatic rings. The monoisotopic (exact) mass is 354 g/mol. The lowest BCUT2D eigenvalue weighted by Crippen LogP contribution is -2.49. The molecule has 0 aromatic carbocycles. The Morgan fingerprint density at radius 2 is 1.83 bits per heavy atom. The second-order valence-electron chi connectivity index (χ2n) is 5.36. The predicted molar refractivity (Wildman–Crippen MR) is 87.9 cm³/mol. The summed E-state index contributed by atoms with van der Waals surface area (Å²) in [6, 6.07) is 2.20. The summed E-state index contributed by atoms with van der Waals surface area (Å²) >= 11 is 1.09. The normalized spacial score (nSPS) is 20.3. The molecule has 0 unspecified atom stereocenters. The van der Waals surface area contributed by atoms with Gasteiger partial charge in [0, 0.05) is 13.1 Å². The van der Waals surface area contributed by atoms with Crippen LogP contribution in [0.5, 0.6) is 0 Å². The van der Waals surface area contributed by atoms with Gasteiger partial charge in [-0.2, -0.15) is 5.26 Å². The van der Waals surface area contributed by atoms with Crippen LogP contribution in [0.1, 0.15) is 26.7 Å². The zero-order valence-corrected chi connectivity index (χ0v) is 14.8. The van der Waals surface area contributed by atoms with Crippen molar-refractivity contribution in [3.63, 3.8) is 0 Å². The van der Waals surface area contributed by atoms with Gasteiger partial charge in [0.1, 0.15) is 0 Å². The van der Waals surface area contributed by atoms with E-state index in [-0.39, 0.29) is 19.6 Å². The predicted octanol–water partition coefficient (Wildman–Crippen LogP) is 1.45. The molecule has 2 rings (SSSR count). The van der Waals surface area contributed by atoms with Gasteiger partial charge in [0.25, 0.3) is 0 Å². The highest BCUT2D eigenvalue weighted by Crippen LogP contribution is 2.46. The van der Waals surface area contributed by atoms with Gasteiger partial charge in [0.05, 0.1) is 43.1 Å². The molecule has 0 atom stereocenters. The molecule has 24 heavy (non-hydrogen) atoms. The second-order valence-corrected chi connectivity index (χ2v) is 6.65. The highest BCUT2D eigenvalue weighted by atomic mass is 32.2. The molecular weight excluding hydrogens is 332 g/mol. The third kappa shape index (κ3) is 3.68. The number of thioether (sulfide) groups is 1. The zero-order valence-electron chi connectivity index (χ0n) is 14.0. The summed E-state index contributed by atoms with van der Waals surface area (Å²) in [7, 11) is 0. The summed E-state index contributed by atoms with van der Waals surface area (Å²) in [4.78, 5) is 27.1. The fourth-order valence-electron chi connectivity index (χ4n) is 2.68. The van der Waals surface area contributed by atoms with Gasteiger partial charge in [-0.3, -0.25) is 0 Å². The van der Waals surface area contributed by atoms with Crippen molar-refractivity contribution < 1.29 is 23.8 Å². The van der Waals surface area contributed by atoms with E-state index in [2.05, 4.69) is 6.07 Å². The van der Waals surface area contributed by atoms with Crippen molar-refractivity contribution in [1.82, 2.24) is 4.90 Å². The molecule has 0 spiro atoms. The summed E-state index contributed by atoms with van der Waals surface area (Å²) in [5, 5.41) is 10.1. The number of nitriles is 1. The molecule has 0 saturated carbocycles. The van der Waals surface area contributed by atoms with Gasteiger partial charge in [0.15, 0.2) is 0 Å². The van der Waals surface area contributed by atoms with Crippen LogP contribution in [0.2, 0.25) is 0 Å². The van der Waals surface area contributed by atoms with E-state index in [1.54, 1.807) is 13.8 Å². The minimum atomic E-state index is -1.44. The maximum absolute atomic E-state index is 12.6. The van der Waals surface area contributed by atoms with Crippen LogP contribution in [-0.4, -0.2) is 61.1 Å². The van der Waals surface area contributed by atoms with E-state index in [0.717, 1.165) is 11.8 Å². The third-order valence-electron chi connectivity index (χ3n) is 3.90. The Morgan fingerprint density at radius 3 is 2.33 bits per heavy atom. The molecule has 0 amide bonds. The molecule has 2 aliphatic heterocycles. The molecular formula is C16H22N2O5S. The van der Waals surface area contributed by atoms with E-state index in [0.29, 0.717) is 43.3 Å². The zero-order chi connectivity index (χ0) is 17.6. The molecule has 0 radical (unpaired) electrons. The average Bonchev–Trinajstić information content (AvgIpc) is 2.62. The molecule has 0 aliphatic carbocycles. The number of esters is 2. The summed E-state index contributed by atoms with van der Waals surface area (Å²) < 4.78 is 14.2. The van der Waals surface area contributed by atoms with E-state index >= 15 is 0 Å². The molecule has 0 N–H and O–H groups in total. The third-order valence-corrected chi connectivity index (χ3v) is 5.48. The first-order valence-electron chi connectivity index (χ1n) is 8.08. The first kappa shape index (κ1) is 18.6. The standard InChI is InChI=1S/C16H22N2O5S/c1-3-22-14(19)16(15(20)23-4-2)6-5-12(11-17)13(24-16)18-7-9-21-10-8-18/h3-10H2,1-2H3. The Kier molecular flexibility index (Phi) is 6.52. The lowest BCUT2D eigenvalue weighted by Gasteiger charge is -2.38. The van der Waals surface area contributed by atoms with Crippen LogP contribution in [0.3, 0.4) is 0 Å². The fourth-order valence-corrected chi connectivity index (χ4v) is 4.08. The molecule has 0 aromatic rings. The van der Waals surface area contributed by atoms with Gasteiger partial charge in [-0.25, -0.2) is 9.59 Å². The fraction of sp³-hybridized carbons (Fsp3) is 0.688. The Balaban J connectivity index is 2.36. The maximum Gasteiger partial charge on any atom is 0.334 e. The Hall–Kier alpha value is -1.72. The van der Waals surface area contributed by atoms with Crippen molar-refractivity contribution >= 4 is 23.7 Å². The van der Waals surface area contributed by atoms with Crippen LogP contribution in [0.4, 0.5) is 0 Å². The van der Waals surface area contributed by atoms with Gasteiger partial charge in [-0.1, -0.05) is 11.8 Å². The lowest BCUT2D eigenvalue weighted by atomic mass is 9.98. The van der Waals surface area contributed by atoms with E-state index in [4.69, 9.17) is 14.2 Å². The average molecular weight is 354 g/mol. The SMILES string of the molecule is CCOC(=O)C1(C(=O)OCC)CCC(C#N)=C(N2CCOCC2)S1. The molecule has 1 fully saturated rings. The molecule has 0 aromatic heterocycles. The van der Waals surface area contributed by atoms with Crippen LogP contribution >= 0.6 is 11.8 Å². The van der Waals surface area contributed by atoms with E-state index in [9.17, 15) is 14.9 Å². The van der Waals surface area contributed by atoms with E-state index in [1.165, 1.54) is 0 Å². The van der Waals surface area contributed by atoms with Crippen LogP contribution in [0.15, 0.2) is 10.6 Å². The number of allylic oxidation sites excluding steroid dienone is 1. The van der Waals surface area contributed by atoms with Crippen LogP contribution in [0.25, 0.3) is 0 Å². The van der Waals surface area contributed by atoms with Crippen LogP contribution in [0, 0.1) is 11.3 Å². The van der Waals surface area contributed by atoms with Gasteiger partial charge >= 0.3 is 11.9 Å². The van der Waals surface area contributed by atoms with Crippen molar-refractivity contribution in [3.05, 3.63) is 10.6 Å². The van der Waals surface area contributed by atoms with Crippen molar-refractivity contribution in [2.24, 2.45) is 0 Å². The van der Waals surface area contributed by atoms with Crippen LogP contribution < -0.4 is 0 Å². The molecule has 1 saturated heterocycles.